The van der Waals surface area contributed by atoms with Gasteiger partial charge in [-0.3, -0.25) is 0 Å². The third-order valence-electron chi connectivity index (χ3n) is 3.49. The molecule has 1 fully saturated rings. The first-order valence-corrected chi connectivity index (χ1v) is 6.96. The quantitative estimate of drug-likeness (QED) is 0.935. The first kappa shape index (κ1) is 13.5. The van der Waals surface area contributed by atoms with E-state index in [1.54, 1.807) is 0 Å². The van der Waals surface area contributed by atoms with Gasteiger partial charge in [-0.1, -0.05) is 42.5 Å². The molecular formula is C17H17NO3. The fourth-order valence-electron chi connectivity index (χ4n) is 2.36. The fourth-order valence-corrected chi connectivity index (χ4v) is 2.36. The molecule has 0 aliphatic carbocycles. The van der Waals surface area contributed by atoms with Crippen LogP contribution in [-0.2, 0) is 11.3 Å². The average Bonchev–Trinajstić information content (AvgIpc) is 2.85. The van der Waals surface area contributed by atoms with Crippen molar-refractivity contribution in [3.63, 3.8) is 0 Å². The van der Waals surface area contributed by atoms with E-state index in [2.05, 4.69) is 5.32 Å². The second-order valence-corrected chi connectivity index (χ2v) is 5.10. The highest BCUT2D eigenvalue weighted by Crippen LogP contribution is 2.27. The standard InChI is InChI=1S/C17H17NO3/c1-12-16(21-17(19)18-12)14-7-9-15(10-8-14)20-11-13-5-3-2-4-6-13/h2-10,12,16H,11H2,1H3,(H,18,19)/t12-,16?/m0/s1. The highest BCUT2D eigenvalue weighted by atomic mass is 16.6. The van der Waals surface area contributed by atoms with Crippen LogP contribution in [-0.4, -0.2) is 12.1 Å². The van der Waals surface area contributed by atoms with Crippen molar-refractivity contribution in [1.29, 1.82) is 0 Å². The topological polar surface area (TPSA) is 47.6 Å². The zero-order valence-electron chi connectivity index (χ0n) is 11.8. The van der Waals surface area contributed by atoms with Gasteiger partial charge < -0.3 is 14.8 Å². The van der Waals surface area contributed by atoms with E-state index >= 15 is 0 Å². The Morgan fingerprint density at radius 1 is 1.10 bits per heavy atom. The molecule has 1 saturated heterocycles. The molecule has 2 aromatic rings. The molecule has 0 aromatic heterocycles. The molecule has 1 heterocycles. The summed E-state index contributed by atoms with van der Waals surface area (Å²) in [5, 5.41) is 2.73. The lowest BCUT2D eigenvalue weighted by Crippen LogP contribution is -2.23. The van der Waals surface area contributed by atoms with Crippen molar-refractivity contribution in [2.45, 2.75) is 25.7 Å². The summed E-state index contributed by atoms with van der Waals surface area (Å²) in [4.78, 5) is 11.2. The first-order valence-electron chi connectivity index (χ1n) is 6.96. The van der Waals surface area contributed by atoms with E-state index < -0.39 is 0 Å². The maximum Gasteiger partial charge on any atom is 0.408 e. The largest absolute Gasteiger partial charge is 0.489 e. The zero-order valence-corrected chi connectivity index (χ0v) is 11.8. The van der Waals surface area contributed by atoms with Gasteiger partial charge >= 0.3 is 6.09 Å². The van der Waals surface area contributed by atoms with Crippen LogP contribution in [0.4, 0.5) is 4.79 Å². The highest BCUT2D eigenvalue weighted by Gasteiger charge is 2.31. The summed E-state index contributed by atoms with van der Waals surface area (Å²) >= 11 is 0. The number of hydrogen-bond acceptors (Lipinski definition) is 3. The van der Waals surface area contributed by atoms with Gasteiger partial charge in [-0.25, -0.2) is 4.79 Å². The molecule has 0 bridgehead atoms. The van der Waals surface area contributed by atoms with E-state index in [1.807, 2.05) is 61.5 Å². The number of ether oxygens (including phenoxy) is 2. The molecule has 2 aromatic carbocycles. The number of hydrogen-bond donors (Lipinski definition) is 1. The summed E-state index contributed by atoms with van der Waals surface area (Å²) in [5.74, 6) is 0.799. The van der Waals surface area contributed by atoms with E-state index in [-0.39, 0.29) is 18.2 Å². The Hall–Kier alpha value is -2.49. The summed E-state index contributed by atoms with van der Waals surface area (Å²) in [6.45, 7) is 2.46. The SMILES string of the molecule is C[C@@H]1NC(=O)OC1c1ccc(OCc2ccccc2)cc1. The fraction of sp³-hybridized carbons (Fsp3) is 0.235. The summed E-state index contributed by atoms with van der Waals surface area (Å²) in [6.07, 6.45) is -0.599. The van der Waals surface area contributed by atoms with E-state index in [1.165, 1.54) is 0 Å². The molecule has 1 amide bonds. The number of alkyl carbamates (subject to hydrolysis) is 1. The minimum absolute atomic E-state index is 0.0198. The van der Waals surface area contributed by atoms with Gasteiger partial charge in [-0.2, -0.15) is 0 Å². The number of carbonyl (C=O) groups excluding carboxylic acids is 1. The van der Waals surface area contributed by atoms with Gasteiger partial charge in [-0.15, -0.1) is 0 Å². The molecular weight excluding hydrogens is 266 g/mol. The van der Waals surface area contributed by atoms with Gasteiger partial charge in [0.2, 0.25) is 0 Å². The van der Waals surface area contributed by atoms with Crippen LogP contribution in [0.3, 0.4) is 0 Å². The minimum Gasteiger partial charge on any atom is -0.489 e. The van der Waals surface area contributed by atoms with Crippen LogP contribution in [0.25, 0.3) is 0 Å². The number of cyclic esters (lactones) is 1. The summed E-state index contributed by atoms with van der Waals surface area (Å²) in [6, 6.07) is 17.7. The van der Waals surface area contributed by atoms with Crippen LogP contribution in [0.15, 0.2) is 54.6 Å². The molecule has 1 unspecified atom stereocenters. The Bertz CT molecular complexity index is 610. The van der Waals surface area contributed by atoms with Crippen LogP contribution < -0.4 is 10.1 Å². The van der Waals surface area contributed by atoms with Gasteiger partial charge in [0.15, 0.2) is 0 Å². The van der Waals surface area contributed by atoms with Crippen LogP contribution in [0.1, 0.15) is 24.2 Å². The average molecular weight is 283 g/mol. The molecule has 1 N–H and O–H groups in total. The second kappa shape index (κ2) is 5.87. The number of benzene rings is 2. The van der Waals surface area contributed by atoms with Crippen LogP contribution in [0, 0.1) is 0 Å². The molecule has 0 radical (unpaired) electrons. The van der Waals surface area contributed by atoms with Crippen molar-refractivity contribution >= 4 is 6.09 Å². The van der Waals surface area contributed by atoms with E-state index in [9.17, 15) is 4.79 Å². The molecule has 4 heteroatoms. The van der Waals surface area contributed by atoms with Gasteiger partial charge in [0, 0.05) is 0 Å². The Morgan fingerprint density at radius 3 is 2.43 bits per heavy atom. The summed E-state index contributed by atoms with van der Waals surface area (Å²) < 4.78 is 11.0. The molecule has 0 spiro atoms. The monoisotopic (exact) mass is 283 g/mol. The molecule has 2 atom stereocenters. The maximum atomic E-state index is 11.2. The van der Waals surface area contributed by atoms with Gasteiger partial charge in [0.05, 0.1) is 6.04 Å². The third-order valence-corrected chi connectivity index (χ3v) is 3.49. The molecule has 1 aliphatic rings. The third kappa shape index (κ3) is 3.16. The molecule has 0 saturated carbocycles. The van der Waals surface area contributed by atoms with E-state index in [0.717, 1.165) is 16.9 Å². The van der Waals surface area contributed by atoms with Crippen LogP contribution in [0.5, 0.6) is 5.75 Å². The lowest BCUT2D eigenvalue weighted by molar-refractivity contribution is 0.134. The number of nitrogens with one attached hydrogen (secondary N) is 1. The van der Waals surface area contributed by atoms with E-state index in [0.29, 0.717) is 6.61 Å². The Balaban J connectivity index is 1.63. The van der Waals surface area contributed by atoms with Crippen LogP contribution in [0.2, 0.25) is 0 Å². The van der Waals surface area contributed by atoms with Gasteiger partial charge in [0.25, 0.3) is 0 Å². The van der Waals surface area contributed by atoms with Crippen molar-refractivity contribution in [2.24, 2.45) is 0 Å². The number of carbonyl (C=O) groups is 1. The van der Waals surface area contributed by atoms with Gasteiger partial charge in [-0.05, 0) is 30.2 Å². The van der Waals surface area contributed by atoms with Crippen molar-refractivity contribution in [3.05, 3.63) is 65.7 Å². The van der Waals surface area contributed by atoms with Gasteiger partial charge in [0.1, 0.15) is 18.5 Å². The summed E-state index contributed by atoms with van der Waals surface area (Å²) in [5.41, 5.74) is 2.09. The second-order valence-electron chi connectivity index (χ2n) is 5.10. The van der Waals surface area contributed by atoms with Crippen molar-refractivity contribution in [3.8, 4) is 5.75 Å². The molecule has 1 aliphatic heterocycles. The maximum absolute atomic E-state index is 11.2. The lowest BCUT2D eigenvalue weighted by Gasteiger charge is -2.13. The molecule has 4 nitrogen and oxygen atoms in total. The predicted octanol–water partition coefficient (Wildman–Crippen LogP) is 3.44. The lowest BCUT2D eigenvalue weighted by atomic mass is 10.0. The number of amides is 1. The Kier molecular flexibility index (Phi) is 3.77. The van der Waals surface area contributed by atoms with E-state index in [4.69, 9.17) is 9.47 Å². The molecule has 108 valence electrons. The normalized spacial score (nSPS) is 20.7. The van der Waals surface area contributed by atoms with Crippen LogP contribution >= 0.6 is 0 Å². The summed E-state index contributed by atoms with van der Waals surface area (Å²) in [7, 11) is 0. The van der Waals surface area contributed by atoms with Crippen molar-refractivity contribution < 1.29 is 14.3 Å². The van der Waals surface area contributed by atoms with Crippen molar-refractivity contribution in [1.82, 2.24) is 5.32 Å². The smallest absolute Gasteiger partial charge is 0.408 e. The highest BCUT2D eigenvalue weighted by molar-refractivity contribution is 5.70. The Labute approximate surface area is 123 Å². The predicted molar refractivity (Wildman–Crippen MR) is 79.0 cm³/mol. The first-order chi connectivity index (χ1) is 10.2. The zero-order chi connectivity index (χ0) is 14.7. The van der Waals surface area contributed by atoms with Crippen molar-refractivity contribution in [2.75, 3.05) is 0 Å². The number of rotatable bonds is 4. The molecule has 21 heavy (non-hydrogen) atoms. The minimum atomic E-state index is -0.364. The molecule has 3 rings (SSSR count). The Morgan fingerprint density at radius 2 is 1.81 bits per heavy atom.